The van der Waals surface area contributed by atoms with Crippen LogP contribution in [0.15, 0.2) is 55.0 Å². The molecular weight excluding hydrogens is 421 g/mol. The molecule has 0 unspecified atom stereocenters. The summed E-state index contributed by atoms with van der Waals surface area (Å²) in [5.41, 5.74) is 5.91. The summed E-state index contributed by atoms with van der Waals surface area (Å²) in [7, 11) is 0. The Hall–Kier alpha value is -3.33. The molecule has 2 aliphatic heterocycles. The number of aromatic nitrogens is 3. The van der Waals surface area contributed by atoms with Gasteiger partial charge in [0.2, 0.25) is 0 Å². The van der Waals surface area contributed by atoms with Crippen molar-refractivity contribution in [2.24, 2.45) is 0 Å². The average molecular weight is 445 g/mol. The van der Waals surface area contributed by atoms with Gasteiger partial charge in [0.15, 0.2) is 0 Å². The highest BCUT2D eigenvalue weighted by Crippen LogP contribution is 2.36. The van der Waals surface area contributed by atoms with Crippen molar-refractivity contribution in [3.05, 3.63) is 77.5 Å². The Labute approximate surface area is 190 Å². The Balaban J connectivity index is 1.30. The van der Waals surface area contributed by atoms with Gasteiger partial charge >= 0.3 is 0 Å². The Bertz CT molecular complexity index is 1330. The first-order valence-corrected chi connectivity index (χ1v) is 11.1. The second-order valence-corrected chi connectivity index (χ2v) is 8.64. The lowest BCUT2D eigenvalue weighted by Crippen LogP contribution is -2.33. The van der Waals surface area contributed by atoms with E-state index in [0.717, 1.165) is 41.4 Å². The van der Waals surface area contributed by atoms with Gasteiger partial charge in [0.05, 0.1) is 17.5 Å². The summed E-state index contributed by atoms with van der Waals surface area (Å²) in [6, 6.07) is 10.8. The van der Waals surface area contributed by atoms with E-state index in [-0.39, 0.29) is 5.82 Å². The summed E-state index contributed by atoms with van der Waals surface area (Å²) in [6.45, 7) is 2.61. The molecule has 0 amide bonds. The second kappa shape index (κ2) is 7.91. The minimum Gasteiger partial charge on any atom is -0.385 e. The normalized spacial score (nSPS) is 17.3. The van der Waals surface area contributed by atoms with Crippen molar-refractivity contribution in [2.75, 3.05) is 18.5 Å². The van der Waals surface area contributed by atoms with Crippen molar-refractivity contribution in [3.8, 4) is 11.3 Å². The molecule has 0 radical (unpaired) electrons. The fourth-order valence-electron chi connectivity index (χ4n) is 4.80. The van der Waals surface area contributed by atoms with Gasteiger partial charge < -0.3 is 20.5 Å². The van der Waals surface area contributed by atoms with Crippen LogP contribution in [0.4, 0.5) is 15.9 Å². The lowest BCUT2D eigenvalue weighted by Gasteiger charge is -2.32. The number of anilines is 2. The highest BCUT2D eigenvalue weighted by Gasteiger charge is 2.32. The molecule has 1 fully saturated rings. The summed E-state index contributed by atoms with van der Waals surface area (Å²) < 4.78 is 20.9. The van der Waals surface area contributed by atoms with Gasteiger partial charge in [-0.1, -0.05) is 12.1 Å². The summed E-state index contributed by atoms with van der Waals surface area (Å²) in [5, 5.41) is 17.8. The van der Waals surface area contributed by atoms with E-state index in [9.17, 15) is 9.50 Å². The molecule has 168 valence electrons. The highest BCUT2D eigenvalue weighted by molar-refractivity contribution is 5.75. The molecule has 8 heteroatoms. The molecule has 1 saturated heterocycles. The predicted octanol–water partition coefficient (Wildman–Crippen LogP) is 3.88. The third kappa shape index (κ3) is 3.56. The first-order valence-electron chi connectivity index (χ1n) is 11.1. The van der Waals surface area contributed by atoms with Crippen LogP contribution in [-0.4, -0.2) is 32.7 Å². The van der Waals surface area contributed by atoms with E-state index in [2.05, 4.69) is 26.7 Å². The molecular formula is C25H24FN5O2. The van der Waals surface area contributed by atoms with Gasteiger partial charge in [-0.2, -0.15) is 0 Å². The van der Waals surface area contributed by atoms with E-state index in [1.807, 2.05) is 22.6 Å². The number of nitrogens with zero attached hydrogens (tertiary/aromatic N) is 3. The Morgan fingerprint density at radius 1 is 1.03 bits per heavy atom. The Morgan fingerprint density at radius 3 is 2.70 bits per heavy atom. The standard InChI is InChI=1S/C25H24FN5O2/c26-17-5-8-31-22(15-29-24(31)11-17)18-2-3-21(20-14-27-13-19(18)20)30-23-4-1-16(12-28-23)25(32)6-9-33-10-7-25/h1-5,8,11-12,15,27,32H,6-7,9-10,13-14H2,(H,28,30). The SMILES string of the molecule is OC1(c2ccc(Nc3ccc(-c4cnc5cc(F)ccn45)c4c3CNC4)nc2)CCOCC1. The Morgan fingerprint density at radius 2 is 1.88 bits per heavy atom. The quantitative estimate of drug-likeness (QED) is 0.442. The van der Waals surface area contributed by atoms with Crippen molar-refractivity contribution in [2.45, 2.75) is 31.5 Å². The zero-order chi connectivity index (χ0) is 22.4. The number of pyridine rings is 2. The van der Waals surface area contributed by atoms with E-state index < -0.39 is 5.60 Å². The maximum absolute atomic E-state index is 13.6. The fourth-order valence-corrected chi connectivity index (χ4v) is 4.80. The molecule has 1 aromatic carbocycles. The number of fused-ring (bicyclic) bond motifs is 2. The topological polar surface area (TPSA) is 83.7 Å². The van der Waals surface area contributed by atoms with E-state index in [1.54, 1.807) is 18.6 Å². The highest BCUT2D eigenvalue weighted by atomic mass is 19.1. The molecule has 6 rings (SSSR count). The van der Waals surface area contributed by atoms with Crippen molar-refractivity contribution < 1.29 is 14.2 Å². The van der Waals surface area contributed by atoms with E-state index >= 15 is 0 Å². The van der Waals surface area contributed by atoms with Gasteiger partial charge in [0.1, 0.15) is 17.3 Å². The molecule has 0 aliphatic carbocycles. The monoisotopic (exact) mass is 445 g/mol. The first kappa shape index (κ1) is 20.3. The molecule has 0 spiro atoms. The van der Waals surface area contributed by atoms with Crippen LogP contribution in [0.1, 0.15) is 29.5 Å². The van der Waals surface area contributed by atoms with Crippen LogP contribution in [0.3, 0.4) is 0 Å². The van der Waals surface area contributed by atoms with E-state index in [4.69, 9.17) is 4.74 Å². The van der Waals surface area contributed by atoms with Gasteiger partial charge in [-0.3, -0.25) is 4.40 Å². The number of nitrogens with one attached hydrogen (secondary N) is 2. The van der Waals surface area contributed by atoms with Crippen molar-refractivity contribution >= 4 is 17.2 Å². The third-order valence-corrected chi connectivity index (χ3v) is 6.67. The minimum absolute atomic E-state index is 0.298. The summed E-state index contributed by atoms with van der Waals surface area (Å²) in [5.74, 6) is 0.426. The van der Waals surface area contributed by atoms with Crippen molar-refractivity contribution in [3.63, 3.8) is 0 Å². The molecule has 0 atom stereocenters. The van der Waals surface area contributed by atoms with Gasteiger partial charge in [-0.25, -0.2) is 14.4 Å². The van der Waals surface area contributed by atoms with Gasteiger partial charge in [-0.15, -0.1) is 0 Å². The smallest absolute Gasteiger partial charge is 0.140 e. The van der Waals surface area contributed by atoms with Gasteiger partial charge in [0, 0.05) is 74.4 Å². The number of imidazole rings is 1. The summed E-state index contributed by atoms with van der Waals surface area (Å²) >= 11 is 0. The molecule has 0 bridgehead atoms. The van der Waals surface area contributed by atoms with Crippen molar-refractivity contribution in [1.82, 2.24) is 19.7 Å². The largest absolute Gasteiger partial charge is 0.385 e. The zero-order valence-electron chi connectivity index (χ0n) is 18.0. The van der Waals surface area contributed by atoms with E-state index in [1.165, 1.54) is 23.3 Å². The van der Waals surface area contributed by atoms with Crippen LogP contribution < -0.4 is 10.6 Å². The Kier molecular flexibility index (Phi) is 4.86. The number of ether oxygens (including phenoxy) is 1. The van der Waals surface area contributed by atoms with Crippen LogP contribution in [-0.2, 0) is 23.4 Å². The summed E-state index contributed by atoms with van der Waals surface area (Å²) in [4.78, 5) is 8.93. The number of benzene rings is 1. The fraction of sp³-hybridized carbons (Fsp3) is 0.280. The first-order chi connectivity index (χ1) is 16.1. The lowest BCUT2D eigenvalue weighted by atomic mass is 9.87. The second-order valence-electron chi connectivity index (χ2n) is 8.64. The zero-order valence-corrected chi connectivity index (χ0v) is 18.0. The average Bonchev–Trinajstić information content (AvgIpc) is 3.48. The van der Waals surface area contributed by atoms with Crippen LogP contribution in [0.2, 0.25) is 0 Å². The minimum atomic E-state index is -0.868. The maximum atomic E-state index is 13.6. The molecule has 5 heterocycles. The van der Waals surface area contributed by atoms with Crippen LogP contribution in [0.25, 0.3) is 16.9 Å². The molecule has 4 aromatic rings. The van der Waals surface area contributed by atoms with Crippen LogP contribution >= 0.6 is 0 Å². The van der Waals surface area contributed by atoms with Crippen LogP contribution in [0, 0.1) is 5.82 Å². The van der Waals surface area contributed by atoms with E-state index in [0.29, 0.717) is 31.7 Å². The van der Waals surface area contributed by atoms with Crippen LogP contribution in [0.5, 0.6) is 0 Å². The molecule has 7 nitrogen and oxygen atoms in total. The molecule has 2 aliphatic rings. The number of halogens is 1. The molecule has 33 heavy (non-hydrogen) atoms. The van der Waals surface area contributed by atoms with Crippen molar-refractivity contribution in [1.29, 1.82) is 0 Å². The van der Waals surface area contributed by atoms with Gasteiger partial charge in [0.25, 0.3) is 0 Å². The number of hydrogen-bond donors (Lipinski definition) is 3. The lowest BCUT2D eigenvalue weighted by molar-refractivity contribution is -0.0680. The third-order valence-electron chi connectivity index (χ3n) is 6.67. The van der Waals surface area contributed by atoms with Gasteiger partial charge in [-0.05, 0) is 29.3 Å². The number of hydrogen-bond acceptors (Lipinski definition) is 6. The predicted molar refractivity (Wildman–Crippen MR) is 123 cm³/mol. The number of rotatable bonds is 4. The number of aliphatic hydroxyl groups is 1. The molecule has 3 aromatic heterocycles. The molecule has 3 N–H and O–H groups in total. The summed E-state index contributed by atoms with van der Waals surface area (Å²) in [6.07, 6.45) is 6.41. The maximum Gasteiger partial charge on any atom is 0.140 e. The molecule has 0 saturated carbocycles.